The molecule has 0 aromatic carbocycles. The molecule has 0 aromatic heterocycles. The Bertz CT molecular complexity index is 421. The van der Waals surface area contributed by atoms with Crippen LogP contribution >= 0.6 is 0 Å². The van der Waals surface area contributed by atoms with Gasteiger partial charge in [-0.3, -0.25) is 4.90 Å². The van der Waals surface area contributed by atoms with Crippen molar-refractivity contribution in [3.05, 3.63) is 0 Å². The zero-order valence-corrected chi connectivity index (χ0v) is 13.4. The van der Waals surface area contributed by atoms with Crippen molar-refractivity contribution >= 4 is 10.0 Å². The standard InChI is InChI=1S/C13H27N3O3S/c1-3-12-10-13(11-14,4-9-19-12)15-5-7-16(8-6-15)20(2,17)18/h12H,3-11,14H2,1-2H3. The lowest BCUT2D eigenvalue weighted by atomic mass is 9.83. The van der Waals surface area contributed by atoms with Crippen LogP contribution in [0.1, 0.15) is 26.2 Å². The minimum absolute atomic E-state index is 0.0114. The zero-order valence-electron chi connectivity index (χ0n) is 12.5. The highest BCUT2D eigenvalue weighted by Crippen LogP contribution is 2.32. The Morgan fingerprint density at radius 1 is 1.30 bits per heavy atom. The summed E-state index contributed by atoms with van der Waals surface area (Å²) in [6, 6.07) is 0. The molecule has 2 heterocycles. The maximum absolute atomic E-state index is 11.6. The van der Waals surface area contributed by atoms with Crippen LogP contribution in [0.2, 0.25) is 0 Å². The van der Waals surface area contributed by atoms with Gasteiger partial charge in [-0.05, 0) is 19.3 Å². The molecule has 0 saturated carbocycles. The summed E-state index contributed by atoms with van der Waals surface area (Å²) in [6.07, 6.45) is 4.46. The van der Waals surface area contributed by atoms with Gasteiger partial charge in [-0.15, -0.1) is 0 Å². The Balaban J connectivity index is 2.03. The largest absolute Gasteiger partial charge is 0.378 e. The van der Waals surface area contributed by atoms with Crippen molar-refractivity contribution in [2.75, 3.05) is 45.6 Å². The van der Waals surface area contributed by atoms with Crippen molar-refractivity contribution in [2.45, 2.75) is 37.8 Å². The third kappa shape index (κ3) is 3.33. The second-order valence-corrected chi connectivity index (χ2v) is 7.92. The third-order valence-electron chi connectivity index (χ3n) is 4.74. The van der Waals surface area contributed by atoms with Gasteiger partial charge in [0.2, 0.25) is 10.0 Å². The molecule has 2 aliphatic heterocycles. The Kier molecular flexibility index (Phi) is 5.07. The smallest absolute Gasteiger partial charge is 0.211 e. The monoisotopic (exact) mass is 305 g/mol. The second-order valence-electron chi connectivity index (χ2n) is 5.93. The number of rotatable bonds is 4. The maximum Gasteiger partial charge on any atom is 0.211 e. The van der Waals surface area contributed by atoms with Crippen molar-refractivity contribution in [1.82, 2.24) is 9.21 Å². The van der Waals surface area contributed by atoms with E-state index in [4.69, 9.17) is 10.5 Å². The van der Waals surface area contributed by atoms with Gasteiger partial charge in [0.15, 0.2) is 0 Å². The highest BCUT2D eigenvalue weighted by atomic mass is 32.2. The molecular formula is C13H27N3O3S. The van der Waals surface area contributed by atoms with Crippen molar-refractivity contribution in [3.63, 3.8) is 0 Å². The second kappa shape index (κ2) is 6.27. The quantitative estimate of drug-likeness (QED) is 0.782. The van der Waals surface area contributed by atoms with Gasteiger partial charge >= 0.3 is 0 Å². The summed E-state index contributed by atoms with van der Waals surface area (Å²) < 4.78 is 30.5. The minimum Gasteiger partial charge on any atom is -0.378 e. The predicted octanol–water partition coefficient (Wildman–Crippen LogP) is -0.150. The molecule has 7 heteroatoms. The molecule has 0 amide bonds. The molecule has 2 aliphatic rings. The fourth-order valence-electron chi connectivity index (χ4n) is 3.36. The lowest BCUT2D eigenvalue weighted by Gasteiger charge is -2.50. The van der Waals surface area contributed by atoms with E-state index in [0.29, 0.717) is 19.6 Å². The molecular weight excluding hydrogens is 278 g/mol. The highest BCUT2D eigenvalue weighted by Gasteiger charge is 2.42. The van der Waals surface area contributed by atoms with Crippen LogP contribution in [0.5, 0.6) is 0 Å². The molecule has 0 aliphatic carbocycles. The van der Waals surface area contributed by atoms with Crippen molar-refractivity contribution in [2.24, 2.45) is 5.73 Å². The molecule has 0 radical (unpaired) electrons. The molecule has 0 spiro atoms. The Morgan fingerprint density at radius 3 is 2.45 bits per heavy atom. The highest BCUT2D eigenvalue weighted by molar-refractivity contribution is 7.88. The molecule has 6 nitrogen and oxygen atoms in total. The number of piperazine rings is 1. The van der Waals surface area contributed by atoms with Crippen LogP contribution in [0.4, 0.5) is 0 Å². The average molecular weight is 305 g/mol. The van der Waals surface area contributed by atoms with Gasteiger partial charge in [-0.25, -0.2) is 8.42 Å². The first-order chi connectivity index (χ1) is 9.41. The fraction of sp³-hybridized carbons (Fsp3) is 1.00. The van der Waals surface area contributed by atoms with Crippen LogP contribution in [0.25, 0.3) is 0 Å². The van der Waals surface area contributed by atoms with E-state index >= 15 is 0 Å². The molecule has 118 valence electrons. The van der Waals surface area contributed by atoms with Gasteiger partial charge in [-0.2, -0.15) is 4.31 Å². The molecule has 0 bridgehead atoms. The first-order valence-corrected chi connectivity index (χ1v) is 9.28. The van der Waals surface area contributed by atoms with Crippen LogP contribution in [0.15, 0.2) is 0 Å². The molecule has 2 fully saturated rings. The summed E-state index contributed by atoms with van der Waals surface area (Å²) in [7, 11) is -3.07. The van der Waals surface area contributed by atoms with Gasteiger partial charge in [0, 0.05) is 44.9 Å². The summed E-state index contributed by atoms with van der Waals surface area (Å²) in [5.74, 6) is 0. The van der Waals surface area contributed by atoms with Crippen LogP contribution in [-0.2, 0) is 14.8 Å². The fourth-order valence-corrected chi connectivity index (χ4v) is 4.18. The number of hydrogen-bond donors (Lipinski definition) is 1. The molecule has 2 saturated heterocycles. The first kappa shape index (κ1) is 16.2. The SMILES string of the molecule is CCC1CC(CN)(N2CCN(S(C)(=O)=O)CC2)CCO1. The van der Waals surface area contributed by atoms with Crippen LogP contribution in [0.3, 0.4) is 0 Å². The van der Waals surface area contributed by atoms with Crippen molar-refractivity contribution < 1.29 is 13.2 Å². The number of nitrogens with zero attached hydrogens (tertiary/aromatic N) is 2. The number of ether oxygens (including phenoxy) is 1. The number of hydrogen-bond acceptors (Lipinski definition) is 5. The summed E-state index contributed by atoms with van der Waals surface area (Å²) >= 11 is 0. The Labute approximate surface area is 122 Å². The van der Waals surface area contributed by atoms with Gasteiger partial charge in [0.25, 0.3) is 0 Å². The Morgan fingerprint density at radius 2 is 1.95 bits per heavy atom. The van der Waals surface area contributed by atoms with E-state index in [2.05, 4.69) is 11.8 Å². The molecule has 2 rings (SSSR count). The summed E-state index contributed by atoms with van der Waals surface area (Å²) in [5, 5.41) is 0. The molecule has 2 atom stereocenters. The van der Waals surface area contributed by atoms with Gasteiger partial charge in [-0.1, -0.05) is 6.92 Å². The normalized spacial score (nSPS) is 34.2. The van der Waals surface area contributed by atoms with Gasteiger partial charge in [0.05, 0.1) is 12.4 Å². The van der Waals surface area contributed by atoms with E-state index < -0.39 is 10.0 Å². The molecule has 2 unspecified atom stereocenters. The lowest BCUT2D eigenvalue weighted by Crippen LogP contribution is -2.63. The van der Waals surface area contributed by atoms with Crippen LogP contribution in [0, 0.1) is 0 Å². The van der Waals surface area contributed by atoms with E-state index in [-0.39, 0.29) is 11.6 Å². The van der Waals surface area contributed by atoms with Gasteiger partial charge < -0.3 is 10.5 Å². The molecule has 2 N–H and O–H groups in total. The summed E-state index contributed by atoms with van der Waals surface area (Å²) in [4.78, 5) is 2.39. The zero-order chi connectivity index (χ0) is 14.8. The average Bonchev–Trinajstić information content (AvgIpc) is 2.46. The van der Waals surface area contributed by atoms with Crippen LogP contribution < -0.4 is 5.73 Å². The van der Waals surface area contributed by atoms with Crippen molar-refractivity contribution in [3.8, 4) is 0 Å². The van der Waals surface area contributed by atoms with Crippen molar-refractivity contribution in [1.29, 1.82) is 0 Å². The van der Waals surface area contributed by atoms with E-state index in [1.165, 1.54) is 6.26 Å². The van der Waals surface area contributed by atoms with Gasteiger partial charge in [0.1, 0.15) is 0 Å². The number of nitrogens with two attached hydrogens (primary N) is 1. The van der Waals surface area contributed by atoms with E-state index in [9.17, 15) is 8.42 Å². The predicted molar refractivity (Wildman–Crippen MR) is 79.0 cm³/mol. The van der Waals surface area contributed by atoms with Crippen LogP contribution in [-0.4, -0.2) is 74.9 Å². The van der Waals surface area contributed by atoms with E-state index in [1.807, 2.05) is 0 Å². The molecule has 0 aromatic rings. The summed E-state index contributed by atoms with van der Waals surface area (Å²) in [5.41, 5.74) is 6.07. The first-order valence-electron chi connectivity index (χ1n) is 7.43. The topological polar surface area (TPSA) is 75.9 Å². The number of sulfonamides is 1. The lowest BCUT2D eigenvalue weighted by molar-refractivity contribution is -0.0784. The summed E-state index contributed by atoms with van der Waals surface area (Å²) in [6.45, 7) is 6.17. The minimum atomic E-state index is -3.07. The van der Waals surface area contributed by atoms with E-state index in [0.717, 1.165) is 39.0 Å². The molecule has 20 heavy (non-hydrogen) atoms. The third-order valence-corrected chi connectivity index (χ3v) is 6.05. The maximum atomic E-state index is 11.6. The Hall–Kier alpha value is -0.210. The van der Waals surface area contributed by atoms with E-state index in [1.54, 1.807) is 4.31 Å².